The molecule has 15 heavy (non-hydrogen) atoms. The van der Waals surface area contributed by atoms with Crippen molar-refractivity contribution in [2.24, 2.45) is 0 Å². The second-order valence-electron chi connectivity index (χ2n) is 3.93. The molecule has 0 bridgehead atoms. The van der Waals surface area contributed by atoms with Gasteiger partial charge in [-0.1, -0.05) is 11.4 Å². The van der Waals surface area contributed by atoms with Gasteiger partial charge in [0, 0.05) is 5.92 Å². The molecule has 1 aliphatic rings. The third kappa shape index (κ3) is 1.47. The van der Waals surface area contributed by atoms with E-state index in [-0.39, 0.29) is 0 Å². The smallest absolute Gasteiger partial charge is 0.240 e. The van der Waals surface area contributed by atoms with E-state index in [2.05, 4.69) is 30.9 Å². The first kappa shape index (κ1) is 9.60. The van der Waals surface area contributed by atoms with Gasteiger partial charge in [0.1, 0.15) is 5.39 Å². The number of rotatable bonds is 1. The fourth-order valence-corrected chi connectivity index (χ4v) is 2.79. The Morgan fingerprint density at radius 1 is 1.53 bits per heavy atom. The lowest BCUT2D eigenvalue weighted by Gasteiger charge is -2.20. The minimum absolute atomic E-state index is 0.564. The number of nitrogens with zero attached hydrogens (tertiary/aromatic N) is 1. The van der Waals surface area contributed by atoms with Gasteiger partial charge < -0.3 is 0 Å². The molecule has 0 aliphatic heterocycles. The van der Waals surface area contributed by atoms with Crippen molar-refractivity contribution in [2.45, 2.75) is 25.2 Å². The summed E-state index contributed by atoms with van der Waals surface area (Å²) in [4.78, 5) is 10.9. The van der Waals surface area contributed by atoms with Gasteiger partial charge >= 0.3 is 0 Å². The minimum atomic E-state index is 0.564. The predicted octanol–water partition coefficient (Wildman–Crippen LogP) is 3.06. The summed E-state index contributed by atoms with van der Waals surface area (Å²) in [5.41, 5.74) is 0.948. The molecule has 3 rings (SSSR count). The summed E-state index contributed by atoms with van der Waals surface area (Å²) in [6, 6.07) is 0. The SMILES string of the molecule is Clc1nc(C2CCC2)[nH+]c2[nH]cc(Br)c12. The highest BCUT2D eigenvalue weighted by Gasteiger charge is 2.28. The van der Waals surface area contributed by atoms with Crippen LogP contribution in [0.3, 0.4) is 0 Å². The zero-order valence-electron chi connectivity index (χ0n) is 7.98. The van der Waals surface area contributed by atoms with Crippen LogP contribution in [0.1, 0.15) is 31.0 Å². The lowest BCUT2D eigenvalue weighted by molar-refractivity contribution is -0.370. The molecule has 0 spiro atoms. The molecule has 2 heterocycles. The van der Waals surface area contributed by atoms with Crippen LogP contribution in [0.4, 0.5) is 0 Å². The van der Waals surface area contributed by atoms with Gasteiger partial charge in [-0.15, -0.1) is 0 Å². The Bertz CT molecular complexity index is 519. The van der Waals surface area contributed by atoms with Crippen molar-refractivity contribution >= 4 is 38.6 Å². The first-order valence-electron chi connectivity index (χ1n) is 5.01. The Hall–Kier alpha value is -0.610. The molecular formula is C10H10BrClN3+. The minimum Gasteiger partial charge on any atom is -0.278 e. The summed E-state index contributed by atoms with van der Waals surface area (Å²) in [5, 5.41) is 1.50. The fraction of sp³-hybridized carbons (Fsp3) is 0.400. The largest absolute Gasteiger partial charge is 0.278 e. The van der Waals surface area contributed by atoms with E-state index in [0.717, 1.165) is 21.3 Å². The average Bonchev–Trinajstić information content (AvgIpc) is 2.44. The Balaban J connectivity index is 2.18. The number of nitrogens with one attached hydrogen (secondary N) is 2. The van der Waals surface area contributed by atoms with Gasteiger partial charge in [0.25, 0.3) is 0 Å². The van der Waals surface area contributed by atoms with Crippen LogP contribution in [-0.2, 0) is 0 Å². The quantitative estimate of drug-likeness (QED) is 0.805. The van der Waals surface area contributed by atoms with E-state index < -0.39 is 0 Å². The second kappa shape index (κ2) is 3.46. The summed E-state index contributed by atoms with van der Waals surface area (Å²) in [6.45, 7) is 0. The molecule has 5 heteroatoms. The first-order valence-corrected chi connectivity index (χ1v) is 6.18. The third-order valence-corrected chi connectivity index (χ3v) is 3.90. The number of hydrogen-bond acceptors (Lipinski definition) is 1. The zero-order chi connectivity index (χ0) is 10.4. The van der Waals surface area contributed by atoms with Crippen molar-refractivity contribution in [3.8, 4) is 0 Å². The maximum Gasteiger partial charge on any atom is 0.240 e. The van der Waals surface area contributed by atoms with Crippen LogP contribution in [0.5, 0.6) is 0 Å². The number of aromatic amines is 2. The Kier molecular flexibility index (Phi) is 2.21. The maximum absolute atomic E-state index is 6.15. The average molecular weight is 288 g/mol. The fourth-order valence-electron chi connectivity index (χ4n) is 1.89. The van der Waals surface area contributed by atoms with Crippen molar-refractivity contribution in [1.29, 1.82) is 0 Å². The number of H-pyrrole nitrogens is 2. The van der Waals surface area contributed by atoms with Crippen LogP contribution in [0, 0.1) is 0 Å². The van der Waals surface area contributed by atoms with Gasteiger partial charge in [-0.05, 0) is 40.4 Å². The van der Waals surface area contributed by atoms with E-state index in [1.807, 2.05) is 6.20 Å². The zero-order valence-corrected chi connectivity index (χ0v) is 10.3. The van der Waals surface area contributed by atoms with Crippen LogP contribution >= 0.6 is 27.5 Å². The van der Waals surface area contributed by atoms with E-state index in [4.69, 9.17) is 11.6 Å². The van der Waals surface area contributed by atoms with Gasteiger partial charge in [-0.3, -0.25) is 4.98 Å². The molecule has 1 saturated carbocycles. The second-order valence-corrected chi connectivity index (χ2v) is 5.14. The van der Waals surface area contributed by atoms with Crippen LogP contribution in [-0.4, -0.2) is 9.97 Å². The van der Waals surface area contributed by atoms with Crippen LogP contribution in [0.25, 0.3) is 11.0 Å². The monoisotopic (exact) mass is 286 g/mol. The molecular weight excluding hydrogens is 277 g/mol. The van der Waals surface area contributed by atoms with E-state index in [1.54, 1.807) is 0 Å². The maximum atomic E-state index is 6.15. The molecule has 0 aromatic carbocycles. The van der Waals surface area contributed by atoms with Gasteiger partial charge in [0.15, 0.2) is 0 Å². The molecule has 1 fully saturated rings. The van der Waals surface area contributed by atoms with Crippen molar-refractivity contribution in [1.82, 2.24) is 9.97 Å². The predicted molar refractivity (Wildman–Crippen MR) is 62.0 cm³/mol. The summed E-state index contributed by atoms with van der Waals surface area (Å²) >= 11 is 9.59. The van der Waals surface area contributed by atoms with Gasteiger partial charge in [-0.25, -0.2) is 4.98 Å². The summed E-state index contributed by atoms with van der Waals surface area (Å²) < 4.78 is 0.950. The molecule has 2 aromatic heterocycles. The molecule has 0 amide bonds. The molecule has 1 aliphatic carbocycles. The van der Waals surface area contributed by atoms with Crippen LogP contribution < -0.4 is 4.98 Å². The standard InChI is InChI=1S/C10H9BrClN3/c11-6-4-13-10-7(6)8(12)14-9(15-10)5-2-1-3-5/h4-5H,1-3H2,(H,13,14,15)/p+1. The van der Waals surface area contributed by atoms with Crippen LogP contribution in [0.2, 0.25) is 5.15 Å². The van der Waals surface area contributed by atoms with E-state index in [9.17, 15) is 0 Å². The number of hydrogen-bond donors (Lipinski definition) is 1. The highest BCUT2D eigenvalue weighted by Crippen LogP contribution is 2.35. The normalized spacial score (nSPS) is 16.9. The van der Waals surface area contributed by atoms with Gasteiger partial charge in [-0.2, -0.15) is 0 Å². The summed E-state index contributed by atoms with van der Waals surface area (Å²) in [5.74, 6) is 1.57. The summed E-state index contributed by atoms with van der Waals surface area (Å²) in [7, 11) is 0. The molecule has 0 unspecified atom stereocenters. The number of halogens is 2. The number of aromatic nitrogens is 3. The highest BCUT2D eigenvalue weighted by molar-refractivity contribution is 9.10. The molecule has 3 nitrogen and oxygen atoms in total. The lowest BCUT2D eigenvalue weighted by Crippen LogP contribution is -2.23. The van der Waals surface area contributed by atoms with Crippen molar-refractivity contribution in [2.75, 3.05) is 0 Å². The highest BCUT2D eigenvalue weighted by atomic mass is 79.9. The lowest BCUT2D eigenvalue weighted by atomic mass is 9.85. The summed E-state index contributed by atoms with van der Waals surface area (Å²) in [6.07, 6.45) is 5.60. The Morgan fingerprint density at radius 3 is 3.00 bits per heavy atom. The van der Waals surface area contributed by atoms with E-state index in [1.165, 1.54) is 19.3 Å². The van der Waals surface area contributed by atoms with Gasteiger partial charge in [0.05, 0.1) is 10.7 Å². The molecule has 2 aromatic rings. The third-order valence-electron chi connectivity index (χ3n) is 3.00. The van der Waals surface area contributed by atoms with Crippen LogP contribution in [0.15, 0.2) is 10.7 Å². The molecule has 0 radical (unpaired) electrons. The van der Waals surface area contributed by atoms with Gasteiger partial charge in [0.2, 0.25) is 16.6 Å². The Labute approximate surface area is 100 Å². The van der Waals surface area contributed by atoms with E-state index in [0.29, 0.717) is 11.1 Å². The molecule has 78 valence electrons. The number of fused-ring (bicyclic) bond motifs is 1. The van der Waals surface area contributed by atoms with E-state index >= 15 is 0 Å². The topological polar surface area (TPSA) is 42.8 Å². The molecule has 0 saturated heterocycles. The van der Waals surface area contributed by atoms with Crippen molar-refractivity contribution in [3.05, 3.63) is 21.6 Å². The molecule has 2 N–H and O–H groups in total. The Morgan fingerprint density at radius 2 is 2.33 bits per heavy atom. The van der Waals surface area contributed by atoms with Crippen molar-refractivity contribution in [3.63, 3.8) is 0 Å². The molecule has 0 atom stereocenters. The van der Waals surface area contributed by atoms with Crippen molar-refractivity contribution < 1.29 is 4.98 Å². The first-order chi connectivity index (χ1) is 7.25.